The summed E-state index contributed by atoms with van der Waals surface area (Å²) < 4.78 is 23.9. The van der Waals surface area contributed by atoms with E-state index in [4.69, 9.17) is 35.5 Å². The molecule has 0 fully saturated rings. The third-order valence-electron chi connectivity index (χ3n) is 5.67. The van der Waals surface area contributed by atoms with Gasteiger partial charge in [0.25, 0.3) is 0 Å². The zero-order valence-electron chi connectivity index (χ0n) is 19.2. The minimum Gasteiger partial charge on any atom is -0.493 e. The van der Waals surface area contributed by atoms with Gasteiger partial charge < -0.3 is 23.5 Å². The van der Waals surface area contributed by atoms with Crippen molar-refractivity contribution in [2.75, 3.05) is 28.4 Å². The van der Waals surface area contributed by atoms with Gasteiger partial charge in [-0.05, 0) is 60.0 Å². The highest BCUT2D eigenvalue weighted by molar-refractivity contribution is 6.31. The van der Waals surface area contributed by atoms with Gasteiger partial charge in [-0.1, -0.05) is 23.7 Å². The van der Waals surface area contributed by atoms with Gasteiger partial charge in [0.05, 0.1) is 39.5 Å². The zero-order valence-corrected chi connectivity index (χ0v) is 20.0. The SMILES string of the molecule is COc1ccc(CCn2c(Cc3ccc(OC)c(OC)c3)nc3ccc(Cl)cc32)cc1OC. The Hall–Kier alpha value is -3.38. The van der Waals surface area contributed by atoms with Gasteiger partial charge in [-0.15, -0.1) is 0 Å². The molecule has 0 aliphatic heterocycles. The van der Waals surface area contributed by atoms with Crippen LogP contribution in [0.4, 0.5) is 0 Å². The maximum atomic E-state index is 6.32. The lowest BCUT2D eigenvalue weighted by Gasteiger charge is -2.13. The van der Waals surface area contributed by atoms with E-state index < -0.39 is 0 Å². The minimum atomic E-state index is 0.651. The molecule has 0 unspecified atom stereocenters. The summed E-state index contributed by atoms with van der Waals surface area (Å²) >= 11 is 6.32. The smallest absolute Gasteiger partial charge is 0.161 e. The number of imidazole rings is 1. The lowest BCUT2D eigenvalue weighted by atomic mass is 10.1. The van der Waals surface area contributed by atoms with Crippen LogP contribution in [0.3, 0.4) is 0 Å². The third kappa shape index (κ3) is 4.86. The van der Waals surface area contributed by atoms with E-state index in [9.17, 15) is 0 Å². The largest absolute Gasteiger partial charge is 0.493 e. The van der Waals surface area contributed by atoms with E-state index in [0.29, 0.717) is 22.9 Å². The van der Waals surface area contributed by atoms with Crippen LogP contribution in [0.5, 0.6) is 23.0 Å². The number of aryl methyl sites for hydroxylation is 2. The summed E-state index contributed by atoms with van der Waals surface area (Å²) in [4.78, 5) is 4.91. The predicted molar refractivity (Wildman–Crippen MR) is 130 cm³/mol. The Kier molecular flexibility index (Phi) is 6.94. The van der Waals surface area contributed by atoms with Crippen LogP contribution in [0.1, 0.15) is 17.0 Å². The van der Waals surface area contributed by atoms with Crippen molar-refractivity contribution >= 4 is 22.6 Å². The second-order valence-corrected chi connectivity index (χ2v) is 8.05. The van der Waals surface area contributed by atoms with Gasteiger partial charge >= 0.3 is 0 Å². The molecule has 0 radical (unpaired) electrons. The molecule has 7 heteroatoms. The molecular formula is C26H27ClN2O4. The molecule has 0 N–H and O–H groups in total. The van der Waals surface area contributed by atoms with E-state index in [-0.39, 0.29) is 0 Å². The van der Waals surface area contributed by atoms with E-state index in [1.807, 2.05) is 48.5 Å². The average molecular weight is 467 g/mol. The predicted octanol–water partition coefficient (Wildman–Crippen LogP) is 5.56. The molecule has 172 valence electrons. The van der Waals surface area contributed by atoms with Crippen molar-refractivity contribution in [1.82, 2.24) is 9.55 Å². The first-order chi connectivity index (χ1) is 16.1. The molecule has 3 aromatic carbocycles. The molecule has 1 heterocycles. The maximum Gasteiger partial charge on any atom is 0.161 e. The molecule has 4 rings (SSSR count). The van der Waals surface area contributed by atoms with Crippen molar-refractivity contribution in [3.05, 3.63) is 76.6 Å². The molecule has 0 bridgehead atoms. The zero-order chi connectivity index (χ0) is 23.4. The molecule has 1 aromatic heterocycles. The maximum absolute atomic E-state index is 6.32. The number of rotatable bonds is 9. The first kappa shape index (κ1) is 22.8. The summed E-state index contributed by atoms with van der Waals surface area (Å²) in [7, 11) is 6.56. The van der Waals surface area contributed by atoms with Crippen molar-refractivity contribution in [2.45, 2.75) is 19.4 Å². The molecule has 0 atom stereocenters. The van der Waals surface area contributed by atoms with Crippen LogP contribution in [0.15, 0.2) is 54.6 Å². The third-order valence-corrected chi connectivity index (χ3v) is 5.91. The van der Waals surface area contributed by atoms with Gasteiger partial charge in [-0.2, -0.15) is 0 Å². The topological polar surface area (TPSA) is 54.7 Å². The van der Waals surface area contributed by atoms with Gasteiger partial charge in [-0.3, -0.25) is 0 Å². The summed E-state index contributed by atoms with van der Waals surface area (Å²) in [6, 6.07) is 17.7. The monoisotopic (exact) mass is 466 g/mol. The Labute approximate surface area is 198 Å². The van der Waals surface area contributed by atoms with Gasteiger partial charge in [0.15, 0.2) is 23.0 Å². The Bertz CT molecular complexity index is 1270. The molecule has 0 aliphatic carbocycles. The van der Waals surface area contributed by atoms with Gasteiger partial charge in [-0.25, -0.2) is 4.98 Å². The van der Waals surface area contributed by atoms with Crippen LogP contribution >= 0.6 is 11.6 Å². The van der Waals surface area contributed by atoms with Crippen LogP contribution in [0.25, 0.3) is 11.0 Å². The Morgan fingerprint density at radius 3 is 1.97 bits per heavy atom. The molecular weight excluding hydrogens is 440 g/mol. The Morgan fingerprint density at radius 2 is 1.33 bits per heavy atom. The second-order valence-electron chi connectivity index (χ2n) is 7.62. The molecule has 0 saturated carbocycles. The molecule has 4 aromatic rings. The number of hydrogen-bond acceptors (Lipinski definition) is 5. The number of fused-ring (bicyclic) bond motifs is 1. The van der Waals surface area contributed by atoms with Crippen LogP contribution in [-0.4, -0.2) is 38.0 Å². The average Bonchev–Trinajstić information content (AvgIpc) is 3.18. The van der Waals surface area contributed by atoms with Crippen molar-refractivity contribution in [1.29, 1.82) is 0 Å². The van der Waals surface area contributed by atoms with E-state index >= 15 is 0 Å². The molecule has 0 spiro atoms. The lowest BCUT2D eigenvalue weighted by Crippen LogP contribution is -2.07. The minimum absolute atomic E-state index is 0.651. The summed E-state index contributed by atoms with van der Waals surface area (Å²) in [6.45, 7) is 0.745. The number of halogens is 1. The molecule has 6 nitrogen and oxygen atoms in total. The number of aromatic nitrogens is 2. The van der Waals surface area contributed by atoms with Crippen molar-refractivity contribution in [3.63, 3.8) is 0 Å². The van der Waals surface area contributed by atoms with Gasteiger partial charge in [0.2, 0.25) is 0 Å². The highest BCUT2D eigenvalue weighted by Crippen LogP contribution is 2.30. The van der Waals surface area contributed by atoms with Crippen molar-refractivity contribution < 1.29 is 18.9 Å². The number of benzene rings is 3. The quantitative estimate of drug-likeness (QED) is 0.323. The summed E-state index contributed by atoms with van der Waals surface area (Å²) in [5, 5.41) is 0.687. The highest BCUT2D eigenvalue weighted by Gasteiger charge is 2.14. The van der Waals surface area contributed by atoms with Gasteiger partial charge in [0, 0.05) is 18.0 Å². The lowest BCUT2D eigenvalue weighted by molar-refractivity contribution is 0.354. The van der Waals surface area contributed by atoms with Crippen molar-refractivity contribution in [2.24, 2.45) is 0 Å². The van der Waals surface area contributed by atoms with Crippen LogP contribution in [-0.2, 0) is 19.4 Å². The summed E-state index contributed by atoms with van der Waals surface area (Å²) in [5.74, 6) is 3.80. The fourth-order valence-electron chi connectivity index (χ4n) is 3.98. The van der Waals surface area contributed by atoms with Gasteiger partial charge in [0.1, 0.15) is 5.82 Å². The van der Waals surface area contributed by atoms with Crippen LogP contribution < -0.4 is 18.9 Å². The normalized spacial score (nSPS) is 10.9. The van der Waals surface area contributed by atoms with E-state index in [0.717, 1.165) is 52.4 Å². The highest BCUT2D eigenvalue weighted by atomic mass is 35.5. The molecule has 0 saturated heterocycles. The van der Waals surface area contributed by atoms with Crippen LogP contribution in [0.2, 0.25) is 5.02 Å². The Balaban J connectivity index is 1.67. The van der Waals surface area contributed by atoms with E-state index in [1.54, 1.807) is 28.4 Å². The van der Waals surface area contributed by atoms with Crippen LogP contribution in [0, 0.1) is 0 Å². The molecule has 0 aliphatic rings. The number of ether oxygens (including phenoxy) is 4. The molecule has 33 heavy (non-hydrogen) atoms. The number of hydrogen-bond donors (Lipinski definition) is 0. The summed E-state index contributed by atoms with van der Waals surface area (Å²) in [5.41, 5.74) is 4.16. The standard InChI is InChI=1S/C26H27ClN2O4/c1-30-22-9-5-17(13-24(22)32-3)11-12-29-21-16-19(27)7-8-20(21)28-26(29)15-18-6-10-23(31-2)25(14-18)33-4/h5-10,13-14,16H,11-12,15H2,1-4H3. The number of methoxy groups -OCH3 is 4. The second kappa shape index (κ2) is 10.0. The van der Waals surface area contributed by atoms with E-state index in [1.165, 1.54) is 0 Å². The molecule has 0 amide bonds. The fraction of sp³-hybridized carbons (Fsp3) is 0.269. The van der Waals surface area contributed by atoms with Crippen molar-refractivity contribution in [3.8, 4) is 23.0 Å². The fourth-order valence-corrected chi connectivity index (χ4v) is 4.15. The summed E-state index contributed by atoms with van der Waals surface area (Å²) in [6.07, 6.45) is 1.45. The first-order valence-electron chi connectivity index (χ1n) is 10.6. The van der Waals surface area contributed by atoms with E-state index in [2.05, 4.69) is 10.6 Å². The Morgan fingerprint density at radius 1 is 0.727 bits per heavy atom. The number of nitrogens with zero attached hydrogens (tertiary/aromatic N) is 2. The first-order valence-corrected chi connectivity index (χ1v) is 11.0.